The van der Waals surface area contributed by atoms with E-state index in [1.54, 1.807) is 30.3 Å². The molecule has 2 aromatic carbocycles. The van der Waals surface area contributed by atoms with Crippen molar-refractivity contribution < 1.29 is 17.9 Å². The maximum atomic E-state index is 15.0. The molecule has 2 aliphatic carbocycles. The number of ether oxygens (including phenoxy) is 1. The van der Waals surface area contributed by atoms with Gasteiger partial charge in [-0.05, 0) is 84.8 Å². The fourth-order valence-electron chi connectivity index (χ4n) is 5.09. The van der Waals surface area contributed by atoms with Gasteiger partial charge in [0.05, 0.1) is 7.11 Å². The van der Waals surface area contributed by atoms with Crippen molar-refractivity contribution in [3.63, 3.8) is 0 Å². The summed E-state index contributed by atoms with van der Waals surface area (Å²) in [5.41, 5.74) is 3.13. The second-order valence-electron chi connectivity index (χ2n) is 9.10. The topological polar surface area (TPSA) is 9.23 Å². The van der Waals surface area contributed by atoms with Crippen molar-refractivity contribution in [3.05, 3.63) is 90.0 Å². The number of methoxy groups -OCH3 is 1. The molecule has 0 bridgehead atoms. The van der Waals surface area contributed by atoms with Crippen LogP contribution in [0.5, 0.6) is 0 Å². The van der Waals surface area contributed by atoms with Crippen LogP contribution in [0.15, 0.2) is 73.0 Å². The number of rotatable bonds is 7. The summed E-state index contributed by atoms with van der Waals surface area (Å²) in [6.45, 7) is 3.81. The molecule has 1 fully saturated rings. The van der Waals surface area contributed by atoms with Gasteiger partial charge in [-0.1, -0.05) is 48.6 Å². The zero-order valence-corrected chi connectivity index (χ0v) is 19.1. The number of hydrogen-bond donors (Lipinski definition) is 0. The number of alkyl halides is 2. The highest BCUT2D eigenvalue weighted by molar-refractivity contribution is 5.75. The third-order valence-corrected chi connectivity index (χ3v) is 7.11. The summed E-state index contributed by atoms with van der Waals surface area (Å²) in [5, 5.41) is 0. The first-order valence-corrected chi connectivity index (χ1v) is 11.8. The Hall–Kier alpha value is -2.75. The van der Waals surface area contributed by atoms with Gasteiger partial charge >= 0.3 is 0 Å². The average molecular weight is 453 g/mol. The Bertz CT molecular complexity index is 1030. The highest BCUT2D eigenvalue weighted by Crippen LogP contribution is 2.39. The van der Waals surface area contributed by atoms with E-state index in [2.05, 4.69) is 6.58 Å². The van der Waals surface area contributed by atoms with Gasteiger partial charge in [-0.2, -0.15) is 0 Å². The molecule has 2 aromatic rings. The molecular weight excluding hydrogens is 421 g/mol. The summed E-state index contributed by atoms with van der Waals surface area (Å²) in [6, 6.07) is 12.5. The average Bonchev–Trinajstić information content (AvgIpc) is 2.85. The van der Waals surface area contributed by atoms with Crippen LogP contribution in [0.25, 0.3) is 16.7 Å². The van der Waals surface area contributed by atoms with Crippen LogP contribution >= 0.6 is 0 Å². The maximum absolute atomic E-state index is 15.0. The predicted octanol–water partition coefficient (Wildman–Crippen LogP) is 8.34. The van der Waals surface area contributed by atoms with Gasteiger partial charge < -0.3 is 4.74 Å². The predicted molar refractivity (Wildman–Crippen MR) is 129 cm³/mol. The van der Waals surface area contributed by atoms with E-state index in [1.165, 1.54) is 38.5 Å². The van der Waals surface area contributed by atoms with Gasteiger partial charge in [0.1, 0.15) is 11.6 Å². The van der Waals surface area contributed by atoms with Crippen LogP contribution in [0.3, 0.4) is 0 Å². The first kappa shape index (κ1) is 23.4. The standard InChI is InChI=1S/C29H31F3O/c1-3-4-5-19-6-8-20(9-7-19)23-14-15-24(26(30)18-23)21-10-12-22(13-11-21)25-16-17-27(33-2)29(32)28(25)31/h3,10-20,28-29H,1,4-9H2,2H3. The van der Waals surface area contributed by atoms with E-state index in [-0.39, 0.29) is 17.1 Å². The van der Waals surface area contributed by atoms with Gasteiger partial charge in [-0.25, -0.2) is 13.2 Å². The minimum absolute atomic E-state index is 0.0183. The second-order valence-corrected chi connectivity index (χ2v) is 9.10. The van der Waals surface area contributed by atoms with Gasteiger partial charge in [0.25, 0.3) is 0 Å². The van der Waals surface area contributed by atoms with Crippen LogP contribution in [-0.4, -0.2) is 19.5 Å². The van der Waals surface area contributed by atoms with E-state index in [9.17, 15) is 8.78 Å². The molecule has 2 aliphatic rings. The largest absolute Gasteiger partial charge is 0.498 e. The summed E-state index contributed by atoms with van der Waals surface area (Å²) in [7, 11) is 1.33. The third kappa shape index (κ3) is 5.10. The van der Waals surface area contributed by atoms with Gasteiger partial charge in [0, 0.05) is 5.56 Å². The summed E-state index contributed by atoms with van der Waals surface area (Å²) in [6.07, 6.45) is 8.22. The first-order valence-electron chi connectivity index (χ1n) is 11.8. The molecule has 0 saturated heterocycles. The molecular formula is C29H31F3O. The van der Waals surface area contributed by atoms with E-state index in [1.807, 2.05) is 18.2 Å². The number of hydrogen-bond acceptors (Lipinski definition) is 1. The minimum atomic E-state index is -1.82. The number of benzene rings is 2. The van der Waals surface area contributed by atoms with Crippen molar-refractivity contribution in [2.75, 3.05) is 7.11 Å². The van der Waals surface area contributed by atoms with Gasteiger partial charge in [-0.3, -0.25) is 0 Å². The minimum Gasteiger partial charge on any atom is -0.498 e. The zero-order chi connectivity index (χ0) is 23.4. The molecule has 0 radical (unpaired) electrons. The summed E-state index contributed by atoms with van der Waals surface area (Å²) >= 11 is 0. The van der Waals surface area contributed by atoms with Crippen molar-refractivity contribution in [3.8, 4) is 11.1 Å². The lowest BCUT2D eigenvalue weighted by Crippen LogP contribution is -2.24. The highest BCUT2D eigenvalue weighted by atomic mass is 19.2. The monoisotopic (exact) mass is 452 g/mol. The lowest BCUT2D eigenvalue weighted by molar-refractivity contribution is 0.152. The zero-order valence-electron chi connectivity index (χ0n) is 19.1. The summed E-state index contributed by atoms with van der Waals surface area (Å²) in [5.74, 6) is 0.907. The summed E-state index contributed by atoms with van der Waals surface area (Å²) in [4.78, 5) is 0. The van der Waals surface area contributed by atoms with Crippen LogP contribution in [0.2, 0.25) is 0 Å². The molecule has 4 rings (SSSR count). The van der Waals surface area contributed by atoms with E-state index in [4.69, 9.17) is 4.74 Å². The molecule has 33 heavy (non-hydrogen) atoms. The molecule has 0 aliphatic heterocycles. The first-order chi connectivity index (χ1) is 16.0. The van der Waals surface area contributed by atoms with E-state index in [0.29, 0.717) is 22.6 Å². The Kier molecular flexibility index (Phi) is 7.42. The Morgan fingerprint density at radius 1 is 0.939 bits per heavy atom. The smallest absolute Gasteiger partial charge is 0.192 e. The number of allylic oxidation sites excluding steroid dienone is 5. The highest BCUT2D eigenvalue weighted by Gasteiger charge is 2.32. The quantitative estimate of drug-likeness (QED) is 0.384. The van der Waals surface area contributed by atoms with E-state index < -0.39 is 12.3 Å². The molecule has 2 unspecified atom stereocenters. The molecule has 0 aromatic heterocycles. The van der Waals surface area contributed by atoms with Crippen LogP contribution < -0.4 is 0 Å². The molecule has 2 atom stereocenters. The molecule has 1 saturated carbocycles. The lowest BCUT2D eigenvalue weighted by atomic mass is 9.77. The van der Waals surface area contributed by atoms with Crippen molar-refractivity contribution in [1.82, 2.24) is 0 Å². The Morgan fingerprint density at radius 2 is 1.64 bits per heavy atom. The number of halogens is 3. The van der Waals surface area contributed by atoms with Crippen molar-refractivity contribution in [2.24, 2.45) is 5.92 Å². The molecule has 174 valence electrons. The van der Waals surface area contributed by atoms with Gasteiger partial charge in [0.15, 0.2) is 12.3 Å². The van der Waals surface area contributed by atoms with Crippen LogP contribution in [0.4, 0.5) is 13.2 Å². The lowest BCUT2D eigenvalue weighted by Gasteiger charge is -2.28. The molecule has 0 N–H and O–H groups in total. The Morgan fingerprint density at radius 3 is 2.27 bits per heavy atom. The summed E-state index contributed by atoms with van der Waals surface area (Å²) < 4.78 is 48.6. The molecule has 0 amide bonds. The van der Waals surface area contributed by atoms with Crippen LogP contribution in [0, 0.1) is 11.7 Å². The SMILES string of the molecule is C=CCCC1CCC(c2ccc(-c3ccc(C4=CC=C(OC)C(F)C4F)cc3)c(F)c2)CC1. The molecule has 1 nitrogen and oxygen atoms in total. The normalized spacial score (nSPS) is 25.2. The fourth-order valence-corrected chi connectivity index (χ4v) is 5.09. The molecule has 4 heteroatoms. The van der Waals surface area contributed by atoms with Gasteiger partial charge in [0.2, 0.25) is 0 Å². The molecule has 0 spiro atoms. The van der Waals surface area contributed by atoms with Crippen molar-refractivity contribution in [1.29, 1.82) is 0 Å². The van der Waals surface area contributed by atoms with Crippen molar-refractivity contribution >= 4 is 5.57 Å². The Balaban J connectivity index is 1.46. The second kappa shape index (κ2) is 10.5. The van der Waals surface area contributed by atoms with Crippen LogP contribution in [0.1, 0.15) is 55.6 Å². The molecule has 0 heterocycles. The fraction of sp³-hybridized carbons (Fsp3) is 0.379. The van der Waals surface area contributed by atoms with E-state index in [0.717, 1.165) is 30.7 Å². The Labute approximate surface area is 194 Å². The third-order valence-electron chi connectivity index (χ3n) is 7.11. The van der Waals surface area contributed by atoms with E-state index >= 15 is 4.39 Å². The van der Waals surface area contributed by atoms with Crippen molar-refractivity contribution in [2.45, 2.75) is 56.8 Å². The van der Waals surface area contributed by atoms with Gasteiger partial charge in [-0.15, -0.1) is 6.58 Å². The van der Waals surface area contributed by atoms with Crippen LogP contribution in [-0.2, 0) is 4.74 Å². The maximum Gasteiger partial charge on any atom is 0.192 e.